The molecule has 152 valence electrons. The normalized spacial score (nSPS) is 11.6. The molecule has 1 aromatic carbocycles. The number of thiophene rings is 2. The van der Waals surface area contributed by atoms with E-state index in [4.69, 9.17) is 8.75 Å². The molecule has 3 heterocycles. The molecular weight excluding hydrogens is 642 g/mol. The first-order chi connectivity index (χ1) is 14.1. The second kappa shape index (κ2) is 10.0. The minimum Gasteiger partial charge on any atom is -0.172 e. The Morgan fingerprint density at radius 2 is 1.21 bits per heavy atom. The molecule has 3 aromatic heterocycles. The van der Waals surface area contributed by atoms with Crippen LogP contribution in [-0.2, 0) is 12.8 Å². The molecule has 0 bridgehead atoms. The van der Waals surface area contributed by atoms with Crippen molar-refractivity contribution < 1.29 is 0 Å². The van der Waals surface area contributed by atoms with Gasteiger partial charge in [0.2, 0.25) is 0 Å². The summed E-state index contributed by atoms with van der Waals surface area (Å²) in [6.07, 6.45) is 7.16. The molecule has 0 amide bonds. The van der Waals surface area contributed by atoms with Gasteiger partial charge in [0, 0.05) is 20.9 Å². The van der Waals surface area contributed by atoms with Crippen LogP contribution in [0.5, 0.6) is 0 Å². The molecule has 0 aliphatic rings. The molecule has 0 atom stereocenters. The topological polar surface area (TPSA) is 25.8 Å². The molecule has 0 spiro atoms. The molecule has 29 heavy (non-hydrogen) atoms. The van der Waals surface area contributed by atoms with Crippen molar-refractivity contribution in [3.63, 3.8) is 0 Å². The molecule has 0 fully saturated rings. The zero-order valence-corrected chi connectivity index (χ0v) is 23.2. The number of aryl methyl sites for hydroxylation is 2. The Morgan fingerprint density at radius 1 is 0.759 bits per heavy atom. The molecule has 7 heteroatoms. The lowest BCUT2D eigenvalue weighted by Gasteiger charge is -2.08. The molecule has 2 nitrogen and oxygen atoms in total. The maximum absolute atomic E-state index is 4.75. The molecule has 4 aromatic rings. The predicted molar refractivity (Wildman–Crippen MR) is 147 cm³/mol. The number of hydrogen-bond acceptors (Lipinski definition) is 5. The van der Waals surface area contributed by atoms with Gasteiger partial charge in [-0.05, 0) is 94.1 Å². The standard InChI is InChI=1S/C22H22I2N2S3/c1-3-5-7-13-11-17(23)27-21(13)15-9-10-16(20-19(15)25-29-26-20)22-14(8-6-4-2)12-18(24)28-22/h9-12H,3-8H2,1-2H3. The van der Waals surface area contributed by atoms with Crippen LogP contribution in [0.25, 0.3) is 31.9 Å². The second-order valence-corrected chi connectivity index (χ2v) is 13.6. The highest BCUT2D eigenvalue weighted by atomic mass is 127. The van der Waals surface area contributed by atoms with Crippen LogP contribution in [0.2, 0.25) is 0 Å². The fourth-order valence-corrected chi connectivity index (χ4v) is 8.16. The molecule has 0 N–H and O–H groups in total. The van der Waals surface area contributed by atoms with E-state index in [2.05, 4.69) is 83.3 Å². The minimum atomic E-state index is 1.06. The first-order valence-electron chi connectivity index (χ1n) is 9.94. The van der Waals surface area contributed by atoms with Crippen LogP contribution in [0.4, 0.5) is 0 Å². The Hall–Kier alpha value is -0.100. The Morgan fingerprint density at radius 3 is 1.62 bits per heavy atom. The van der Waals surface area contributed by atoms with Crippen molar-refractivity contribution >= 4 is 90.6 Å². The van der Waals surface area contributed by atoms with Crippen LogP contribution < -0.4 is 0 Å². The summed E-state index contributed by atoms with van der Waals surface area (Å²) < 4.78 is 12.2. The zero-order valence-electron chi connectivity index (χ0n) is 16.4. The van der Waals surface area contributed by atoms with E-state index in [-0.39, 0.29) is 0 Å². The third kappa shape index (κ3) is 4.73. The minimum absolute atomic E-state index is 1.06. The quantitative estimate of drug-likeness (QED) is 0.176. The van der Waals surface area contributed by atoms with Crippen molar-refractivity contribution in [1.29, 1.82) is 0 Å². The average Bonchev–Trinajstić information content (AvgIpc) is 3.42. The van der Waals surface area contributed by atoms with Gasteiger partial charge in [-0.25, -0.2) is 0 Å². The van der Waals surface area contributed by atoms with Gasteiger partial charge >= 0.3 is 0 Å². The Bertz CT molecular complexity index is 1040. The summed E-state index contributed by atoms with van der Waals surface area (Å²) >= 11 is 10.00. The molecule has 0 saturated heterocycles. The molecule has 0 aliphatic heterocycles. The number of nitrogens with zero attached hydrogens (tertiary/aromatic N) is 2. The first kappa shape index (κ1) is 22.1. The maximum Gasteiger partial charge on any atom is 0.114 e. The lowest BCUT2D eigenvalue weighted by atomic mass is 9.99. The monoisotopic (exact) mass is 664 g/mol. The summed E-state index contributed by atoms with van der Waals surface area (Å²) in [5.41, 5.74) is 7.53. The van der Waals surface area contributed by atoms with E-state index in [1.165, 1.54) is 75.2 Å². The van der Waals surface area contributed by atoms with Crippen molar-refractivity contribution in [2.75, 3.05) is 0 Å². The van der Waals surface area contributed by atoms with Crippen molar-refractivity contribution in [3.05, 3.63) is 41.2 Å². The number of benzene rings is 1. The van der Waals surface area contributed by atoms with Gasteiger partial charge in [0.25, 0.3) is 0 Å². The summed E-state index contributed by atoms with van der Waals surface area (Å²) in [4.78, 5) is 2.75. The fraction of sp³-hybridized carbons (Fsp3) is 0.364. The molecule has 0 radical (unpaired) electrons. The third-order valence-corrected chi connectivity index (χ3v) is 9.53. The number of fused-ring (bicyclic) bond motifs is 1. The summed E-state index contributed by atoms with van der Waals surface area (Å²) in [6.45, 7) is 4.51. The van der Waals surface area contributed by atoms with E-state index in [0.29, 0.717) is 0 Å². The van der Waals surface area contributed by atoms with Crippen LogP contribution >= 0.6 is 79.6 Å². The van der Waals surface area contributed by atoms with Gasteiger partial charge in [0.1, 0.15) is 11.0 Å². The van der Waals surface area contributed by atoms with Gasteiger partial charge in [-0.3, -0.25) is 0 Å². The second-order valence-electron chi connectivity index (χ2n) is 7.14. The summed E-state index contributed by atoms with van der Waals surface area (Å²) in [7, 11) is 0. The van der Waals surface area contributed by atoms with Crippen LogP contribution in [0.1, 0.15) is 50.7 Å². The van der Waals surface area contributed by atoms with Crippen LogP contribution in [-0.4, -0.2) is 8.75 Å². The van der Waals surface area contributed by atoms with E-state index in [0.717, 1.165) is 23.9 Å². The highest BCUT2D eigenvalue weighted by Gasteiger charge is 2.20. The van der Waals surface area contributed by atoms with Gasteiger partial charge < -0.3 is 0 Å². The molecular formula is C22H22I2N2S3. The van der Waals surface area contributed by atoms with Gasteiger partial charge in [-0.15, -0.1) is 22.7 Å². The third-order valence-electron chi connectivity index (χ3n) is 5.06. The SMILES string of the molecule is CCCCc1cc(I)sc1-c1ccc(-c2sc(I)cc2CCCC)c2nsnc12. The summed E-state index contributed by atoms with van der Waals surface area (Å²) in [5, 5.41) is 0. The van der Waals surface area contributed by atoms with E-state index < -0.39 is 0 Å². The van der Waals surface area contributed by atoms with Crippen molar-refractivity contribution in [1.82, 2.24) is 8.75 Å². The number of rotatable bonds is 8. The zero-order chi connectivity index (χ0) is 20.4. The lowest BCUT2D eigenvalue weighted by Crippen LogP contribution is -1.89. The highest BCUT2D eigenvalue weighted by Crippen LogP contribution is 2.43. The number of aromatic nitrogens is 2. The van der Waals surface area contributed by atoms with Gasteiger partial charge in [0.05, 0.1) is 17.5 Å². The first-order valence-corrected chi connectivity index (χ1v) is 14.5. The van der Waals surface area contributed by atoms with Crippen molar-refractivity contribution in [3.8, 4) is 20.9 Å². The lowest BCUT2D eigenvalue weighted by molar-refractivity contribution is 0.798. The molecule has 0 unspecified atom stereocenters. The number of unbranched alkanes of at least 4 members (excludes halogenated alkanes) is 2. The highest BCUT2D eigenvalue weighted by molar-refractivity contribution is 14.1. The Balaban J connectivity index is 1.83. The van der Waals surface area contributed by atoms with Crippen LogP contribution in [0.15, 0.2) is 24.3 Å². The van der Waals surface area contributed by atoms with Crippen molar-refractivity contribution in [2.24, 2.45) is 0 Å². The predicted octanol–water partition coefficient (Wildman–Crippen LogP) is 9.04. The molecule has 0 saturated carbocycles. The number of halogens is 2. The Kier molecular flexibility index (Phi) is 7.63. The molecule has 4 rings (SSSR count). The van der Waals surface area contributed by atoms with Crippen LogP contribution in [0.3, 0.4) is 0 Å². The van der Waals surface area contributed by atoms with E-state index in [1.54, 1.807) is 0 Å². The largest absolute Gasteiger partial charge is 0.172 e. The van der Waals surface area contributed by atoms with Crippen molar-refractivity contribution in [2.45, 2.75) is 52.4 Å². The van der Waals surface area contributed by atoms with Gasteiger partial charge in [-0.1, -0.05) is 38.8 Å². The van der Waals surface area contributed by atoms with E-state index in [9.17, 15) is 0 Å². The smallest absolute Gasteiger partial charge is 0.114 e. The Labute approximate surface area is 211 Å². The van der Waals surface area contributed by atoms with E-state index >= 15 is 0 Å². The van der Waals surface area contributed by atoms with E-state index in [1.807, 2.05) is 22.7 Å². The number of hydrogen-bond donors (Lipinski definition) is 0. The fourth-order valence-electron chi connectivity index (χ4n) is 3.58. The summed E-state index contributed by atoms with van der Waals surface area (Å²) in [6, 6.07) is 9.26. The summed E-state index contributed by atoms with van der Waals surface area (Å²) in [5.74, 6) is 0. The van der Waals surface area contributed by atoms with Gasteiger partial charge in [-0.2, -0.15) is 8.75 Å². The van der Waals surface area contributed by atoms with Crippen LogP contribution in [0, 0.1) is 5.77 Å². The maximum atomic E-state index is 4.75. The van der Waals surface area contributed by atoms with Gasteiger partial charge in [0.15, 0.2) is 0 Å². The average molecular weight is 664 g/mol. The molecule has 0 aliphatic carbocycles.